The van der Waals surface area contributed by atoms with E-state index in [1.165, 1.54) is 250 Å². The fourth-order valence-electron chi connectivity index (χ4n) is 9.60. The summed E-state index contributed by atoms with van der Waals surface area (Å²) in [5.41, 5.74) is 0. The van der Waals surface area contributed by atoms with E-state index in [1.54, 1.807) is 0 Å². The van der Waals surface area contributed by atoms with Crippen molar-refractivity contribution in [2.45, 2.75) is 361 Å². The smallest absolute Gasteiger partial charge is 0.306 e. The Labute approximate surface area is 443 Å². The second-order valence-corrected chi connectivity index (χ2v) is 21.7. The van der Waals surface area contributed by atoms with Gasteiger partial charge in [-0.05, 0) is 64.2 Å². The molecule has 0 bridgehead atoms. The van der Waals surface area contributed by atoms with Gasteiger partial charge in [0.15, 0.2) is 6.10 Å². The van der Waals surface area contributed by atoms with Gasteiger partial charge in [-0.1, -0.05) is 295 Å². The summed E-state index contributed by atoms with van der Waals surface area (Å²) >= 11 is 0. The average Bonchev–Trinajstić information content (AvgIpc) is 3.37. The monoisotopic (exact) mass is 999 g/mol. The summed E-state index contributed by atoms with van der Waals surface area (Å²) in [6, 6.07) is 0. The molecule has 0 aromatic rings. The minimum Gasteiger partial charge on any atom is -0.462 e. The van der Waals surface area contributed by atoms with Crippen LogP contribution in [0.4, 0.5) is 0 Å². The molecule has 0 spiro atoms. The Morgan fingerprint density at radius 3 is 0.746 bits per heavy atom. The topological polar surface area (TPSA) is 78.9 Å². The summed E-state index contributed by atoms with van der Waals surface area (Å²) in [5.74, 6) is -0.858. The van der Waals surface area contributed by atoms with Crippen LogP contribution in [0.15, 0.2) is 24.3 Å². The number of allylic oxidation sites excluding steroid dienone is 4. The number of ether oxygens (including phenoxy) is 3. The second-order valence-electron chi connectivity index (χ2n) is 21.7. The Hall–Kier alpha value is -2.11. The van der Waals surface area contributed by atoms with Crippen LogP contribution >= 0.6 is 0 Å². The van der Waals surface area contributed by atoms with Gasteiger partial charge in [-0.25, -0.2) is 0 Å². The zero-order valence-corrected chi connectivity index (χ0v) is 48.0. The van der Waals surface area contributed by atoms with Crippen LogP contribution in [0.5, 0.6) is 0 Å². The van der Waals surface area contributed by atoms with Crippen LogP contribution in [0, 0.1) is 0 Å². The molecule has 418 valence electrons. The maximum Gasteiger partial charge on any atom is 0.306 e. The molecule has 0 aliphatic carbocycles. The molecule has 0 N–H and O–H groups in total. The number of rotatable bonds is 59. The van der Waals surface area contributed by atoms with E-state index in [0.717, 1.165) is 64.2 Å². The third-order valence-corrected chi connectivity index (χ3v) is 14.4. The highest BCUT2D eigenvalue weighted by atomic mass is 16.6. The van der Waals surface area contributed by atoms with Crippen molar-refractivity contribution >= 4 is 17.9 Å². The van der Waals surface area contributed by atoms with Gasteiger partial charge in [-0.2, -0.15) is 0 Å². The summed E-state index contributed by atoms with van der Waals surface area (Å²) in [6.45, 7) is 6.65. The van der Waals surface area contributed by atoms with Gasteiger partial charge in [0.25, 0.3) is 0 Å². The Morgan fingerprint density at radius 2 is 0.479 bits per heavy atom. The van der Waals surface area contributed by atoms with Crippen molar-refractivity contribution < 1.29 is 28.6 Å². The number of hydrogen-bond donors (Lipinski definition) is 0. The molecule has 0 amide bonds. The number of carbonyl (C=O) groups is 3. The van der Waals surface area contributed by atoms with E-state index in [0.29, 0.717) is 19.3 Å². The van der Waals surface area contributed by atoms with E-state index in [1.807, 2.05) is 0 Å². The molecule has 0 aliphatic heterocycles. The average molecular weight is 1000 g/mol. The maximum atomic E-state index is 12.9. The fraction of sp³-hybridized carbons (Fsp3) is 0.892. The van der Waals surface area contributed by atoms with Gasteiger partial charge in [-0.3, -0.25) is 14.4 Å². The molecule has 1 atom stereocenters. The van der Waals surface area contributed by atoms with Gasteiger partial charge in [0.2, 0.25) is 0 Å². The predicted molar refractivity (Wildman–Crippen MR) is 307 cm³/mol. The third kappa shape index (κ3) is 58.7. The summed E-state index contributed by atoms with van der Waals surface area (Å²) < 4.78 is 16.9. The van der Waals surface area contributed by atoms with E-state index >= 15 is 0 Å². The lowest BCUT2D eigenvalue weighted by Crippen LogP contribution is -2.30. The fourth-order valence-corrected chi connectivity index (χ4v) is 9.60. The van der Waals surface area contributed by atoms with Crippen LogP contribution in [0.25, 0.3) is 0 Å². The van der Waals surface area contributed by atoms with Gasteiger partial charge in [0.05, 0.1) is 0 Å². The molecule has 0 heterocycles. The summed E-state index contributed by atoms with van der Waals surface area (Å²) in [6.07, 6.45) is 71.9. The van der Waals surface area contributed by atoms with Crippen LogP contribution < -0.4 is 0 Å². The van der Waals surface area contributed by atoms with Crippen molar-refractivity contribution in [1.29, 1.82) is 0 Å². The van der Waals surface area contributed by atoms with Gasteiger partial charge in [0, 0.05) is 19.3 Å². The Bertz CT molecular complexity index is 1150. The predicted octanol–water partition coefficient (Wildman–Crippen LogP) is 21.4. The van der Waals surface area contributed by atoms with Crippen LogP contribution in [0.2, 0.25) is 0 Å². The lowest BCUT2D eigenvalue weighted by molar-refractivity contribution is -0.167. The van der Waals surface area contributed by atoms with E-state index in [2.05, 4.69) is 45.1 Å². The zero-order chi connectivity index (χ0) is 51.4. The first-order chi connectivity index (χ1) is 35.0. The van der Waals surface area contributed by atoms with Gasteiger partial charge in [-0.15, -0.1) is 0 Å². The van der Waals surface area contributed by atoms with E-state index in [9.17, 15) is 14.4 Å². The molecule has 71 heavy (non-hydrogen) atoms. The van der Waals surface area contributed by atoms with Gasteiger partial charge < -0.3 is 14.2 Å². The van der Waals surface area contributed by atoms with Crippen molar-refractivity contribution in [1.82, 2.24) is 0 Å². The normalized spacial score (nSPS) is 12.1. The van der Waals surface area contributed by atoms with Crippen molar-refractivity contribution in [3.05, 3.63) is 24.3 Å². The first-order valence-electron chi connectivity index (χ1n) is 31.8. The van der Waals surface area contributed by atoms with Gasteiger partial charge in [0.1, 0.15) is 13.2 Å². The summed E-state index contributed by atoms with van der Waals surface area (Å²) in [4.78, 5) is 38.2. The molecular formula is C65H122O6. The van der Waals surface area contributed by atoms with Crippen LogP contribution in [-0.2, 0) is 28.6 Å². The lowest BCUT2D eigenvalue weighted by Gasteiger charge is -2.18. The first-order valence-corrected chi connectivity index (χ1v) is 31.8. The molecular weight excluding hydrogens is 877 g/mol. The minimum absolute atomic E-state index is 0.0699. The molecule has 6 nitrogen and oxygen atoms in total. The SMILES string of the molecule is CCCC/C=C\CCCCCCCC(=O)OCC(COC(=O)CCCCCCCCCCCCCCCCCCCCCCCCC)OC(=O)CCCCCCCCCCC/C=C\CCCCCCCC. The molecule has 0 aromatic carbocycles. The highest BCUT2D eigenvalue weighted by Crippen LogP contribution is 2.18. The second kappa shape index (κ2) is 60.4. The number of unbranched alkanes of at least 4 members (excludes halogenated alkanes) is 44. The van der Waals surface area contributed by atoms with Gasteiger partial charge >= 0.3 is 17.9 Å². The third-order valence-electron chi connectivity index (χ3n) is 14.4. The molecule has 0 saturated carbocycles. The highest BCUT2D eigenvalue weighted by molar-refractivity contribution is 5.71. The minimum atomic E-state index is -0.772. The van der Waals surface area contributed by atoms with E-state index < -0.39 is 6.10 Å². The van der Waals surface area contributed by atoms with E-state index in [-0.39, 0.29) is 31.1 Å². The summed E-state index contributed by atoms with van der Waals surface area (Å²) in [5, 5.41) is 0. The highest BCUT2D eigenvalue weighted by Gasteiger charge is 2.19. The molecule has 0 fully saturated rings. The molecule has 6 heteroatoms. The quantitative estimate of drug-likeness (QED) is 0.0261. The molecule has 0 aliphatic rings. The standard InChI is InChI=1S/C65H122O6/c1-4-7-10-13-16-19-22-24-26-28-30-31-32-33-35-36-38-40-43-46-49-52-55-58-64(67)70-61-62(60-69-63(66)57-54-51-48-45-42-21-18-15-12-9-6-3)71-65(68)59-56-53-50-47-44-41-39-37-34-29-27-25-23-20-17-14-11-8-5-2/h15,18,25,27,62H,4-14,16-17,19-24,26,28-61H2,1-3H3/b18-15-,27-25-. The van der Waals surface area contributed by atoms with Crippen molar-refractivity contribution in [3.63, 3.8) is 0 Å². The van der Waals surface area contributed by atoms with E-state index in [4.69, 9.17) is 14.2 Å². The molecule has 0 rings (SSSR count). The van der Waals surface area contributed by atoms with Crippen LogP contribution in [0.1, 0.15) is 355 Å². The zero-order valence-electron chi connectivity index (χ0n) is 48.0. The van der Waals surface area contributed by atoms with Crippen LogP contribution in [-0.4, -0.2) is 37.2 Å². The number of hydrogen-bond acceptors (Lipinski definition) is 6. The molecule has 0 aromatic heterocycles. The van der Waals surface area contributed by atoms with Crippen LogP contribution in [0.3, 0.4) is 0 Å². The first kappa shape index (κ1) is 68.9. The maximum absolute atomic E-state index is 12.9. The molecule has 0 radical (unpaired) electrons. The van der Waals surface area contributed by atoms with Crippen molar-refractivity contribution in [2.24, 2.45) is 0 Å². The Balaban J connectivity index is 4.22. The van der Waals surface area contributed by atoms with Crippen molar-refractivity contribution in [3.8, 4) is 0 Å². The molecule has 1 unspecified atom stereocenters. The Morgan fingerprint density at radius 1 is 0.268 bits per heavy atom. The Kier molecular flexibility index (Phi) is 58.6. The van der Waals surface area contributed by atoms with Crippen molar-refractivity contribution in [2.75, 3.05) is 13.2 Å². The lowest BCUT2D eigenvalue weighted by atomic mass is 10.0. The number of esters is 3. The largest absolute Gasteiger partial charge is 0.462 e. The summed E-state index contributed by atoms with van der Waals surface area (Å²) in [7, 11) is 0. The number of carbonyl (C=O) groups excluding carboxylic acids is 3. The molecule has 0 saturated heterocycles.